The Labute approximate surface area is 97.6 Å². The van der Waals surface area contributed by atoms with Gasteiger partial charge in [-0.25, -0.2) is 4.39 Å². The van der Waals surface area contributed by atoms with E-state index < -0.39 is 0 Å². The monoisotopic (exact) mass is 224 g/mol. The molecule has 0 bridgehead atoms. The van der Waals surface area contributed by atoms with Gasteiger partial charge in [0.2, 0.25) is 11.9 Å². The van der Waals surface area contributed by atoms with Crippen molar-refractivity contribution in [2.75, 3.05) is 0 Å². The van der Waals surface area contributed by atoms with Gasteiger partial charge in [-0.1, -0.05) is 0 Å². The molecule has 2 aromatic rings. The molecule has 0 radical (unpaired) electrons. The molecule has 0 amide bonds. The number of benzene rings is 1. The van der Waals surface area contributed by atoms with Gasteiger partial charge in [-0.3, -0.25) is 0 Å². The van der Waals surface area contributed by atoms with Crippen molar-refractivity contribution in [3.8, 4) is 17.8 Å². The summed E-state index contributed by atoms with van der Waals surface area (Å²) in [5.41, 5.74) is 1.33. The van der Waals surface area contributed by atoms with E-state index in [9.17, 15) is 4.39 Å². The highest BCUT2D eigenvalue weighted by molar-refractivity contribution is 5.45. The van der Waals surface area contributed by atoms with Crippen LogP contribution in [-0.4, -0.2) is 0 Å². The second-order valence-electron chi connectivity index (χ2n) is 3.42. The fraction of sp³-hybridized carbons (Fsp3) is 0. The van der Waals surface area contributed by atoms with E-state index >= 15 is 0 Å². The SMILES string of the molecule is N#Cc1cc(C#N)cc(-[n+]2cccc(F)c2)c1. The Morgan fingerprint density at radius 3 is 2.24 bits per heavy atom. The molecule has 0 atom stereocenters. The van der Waals surface area contributed by atoms with Crippen molar-refractivity contribution in [2.45, 2.75) is 0 Å². The van der Waals surface area contributed by atoms with E-state index in [-0.39, 0.29) is 5.82 Å². The lowest BCUT2D eigenvalue weighted by Crippen LogP contribution is -2.30. The van der Waals surface area contributed by atoms with Crippen molar-refractivity contribution in [1.29, 1.82) is 10.5 Å². The van der Waals surface area contributed by atoms with Crippen molar-refractivity contribution in [3.63, 3.8) is 0 Å². The van der Waals surface area contributed by atoms with Crippen LogP contribution in [0.4, 0.5) is 4.39 Å². The van der Waals surface area contributed by atoms with Crippen LogP contribution < -0.4 is 4.57 Å². The maximum atomic E-state index is 13.1. The lowest BCUT2D eigenvalue weighted by molar-refractivity contribution is -0.597. The molecule has 0 unspecified atom stereocenters. The van der Waals surface area contributed by atoms with Gasteiger partial charge in [0.05, 0.1) is 23.3 Å². The first-order chi connectivity index (χ1) is 8.22. The molecule has 0 fully saturated rings. The van der Waals surface area contributed by atoms with Crippen molar-refractivity contribution in [3.05, 3.63) is 59.7 Å². The summed E-state index contributed by atoms with van der Waals surface area (Å²) in [7, 11) is 0. The number of nitrogens with zero attached hydrogens (tertiary/aromatic N) is 3. The zero-order chi connectivity index (χ0) is 12.3. The lowest BCUT2D eigenvalue weighted by Gasteiger charge is -1.97. The number of halogens is 1. The highest BCUT2D eigenvalue weighted by Gasteiger charge is 2.10. The highest BCUT2D eigenvalue weighted by atomic mass is 19.1. The molecule has 0 N–H and O–H groups in total. The molecule has 4 heteroatoms. The molecule has 2 rings (SSSR count). The summed E-state index contributed by atoms with van der Waals surface area (Å²) < 4.78 is 14.6. The summed E-state index contributed by atoms with van der Waals surface area (Å²) in [6.45, 7) is 0. The van der Waals surface area contributed by atoms with Crippen LogP contribution in [0.5, 0.6) is 0 Å². The third kappa shape index (κ3) is 2.27. The number of hydrogen-bond acceptors (Lipinski definition) is 2. The highest BCUT2D eigenvalue weighted by Crippen LogP contribution is 2.09. The Hall–Kier alpha value is -2.72. The zero-order valence-electron chi connectivity index (χ0n) is 8.76. The summed E-state index contributed by atoms with van der Waals surface area (Å²) in [4.78, 5) is 0. The van der Waals surface area contributed by atoms with Gasteiger partial charge in [0.1, 0.15) is 0 Å². The van der Waals surface area contributed by atoms with Gasteiger partial charge in [-0.05, 0) is 12.1 Å². The normalized spacial score (nSPS) is 9.35. The molecule has 0 spiro atoms. The van der Waals surface area contributed by atoms with Crippen molar-refractivity contribution in [1.82, 2.24) is 0 Å². The van der Waals surface area contributed by atoms with E-state index in [1.165, 1.54) is 22.9 Å². The fourth-order valence-corrected chi connectivity index (χ4v) is 1.50. The Balaban J connectivity index is 2.60. The third-order valence-corrected chi connectivity index (χ3v) is 2.24. The van der Waals surface area contributed by atoms with E-state index in [0.717, 1.165) is 0 Å². The molecule has 0 aliphatic rings. The van der Waals surface area contributed by atoms with Gasteiger partial charge in [-0.2, -0.15) is 15.1 Å². The topological polar surface area (TPSA) is 51.5 Å². The Bertz CT molecular complexity index is 618. The smallest absolute Gasteiger partial charge is 0.200 e. The van der Waals surface area contributed by atoms with Gasteiger partial charge in [-0.15, -0.1) is 0 Å². The predicted molar refractivity (Wildman–Crippen MR) is 57.4 cm³/mol. The molecule has 1 aromatic carbocycles. The van der Waals surface area contributed by atoms with E-state index in [4.69, 9.17) is 10.5 Å². The molecular formula is C13H7FN3+. The Morgan fingerprint density at radius 2 is 1.71 bits per heavy atom. The largest absolute Gasteiger partial charge is 0.213 e. The number of hydrogen-bond donors (Lipinski definition) is 0. The average Bonchev–Trinajstić information content (AvgIpc) is 2.38. The van der Waals surface area contributed by atoms with Crippen LogP contribution in [0.1, 0.15) is 11.1 Å². The second kappa shape index (κ2) is 4.42. The van der Waals surface area contributed by atoms with Gasteiger partial charge in [0.15, 0.2) is 12.0 Å². The first-order valence-corrected chi connectivity index (χ1v) is 4.85. The molecule has 1 heterocycles. The number of rotatable bonds is 1. The first kappa shape index (κ1) is 10.8. The maximum absolute atomic E-state index is 13.1. The van der Waals surface area contributed by atoms with Crippen LogP contribution in [0.15, 0.2) is 42.7 Å². The number of aromatic nitrogens is 1. The summed E-state index contributed by atoms with van der Waals surface area (Å²) in [5, 5.41) is 17.7. The van der Waals surface area contributed by atoms with Gasteiger partial charge < -0.3 is 0 Å². The quantitative estimate of drug-likeness (QED) is 0.694. The van der Waals surface area contributed by atoms with Crippen molar-refractivity contribution < 1.29 is 8.96 Å². The average molecular weight is 224 g/mol. The van der Waals surface area contributed by atoms with Gasteiger partial charge >= 0.3 is 0 Å². The molecule has 3 nitrogen and oxygen atoms in total. The van der Waals surface area contributed by atoms with E-state index in [0.29, 0.717) is 16.8 Å². The number of nitriles is 2. The lowest BCUT2D eigenvalue weighted by atomic mass is 10.1. The first-order valence-electron chi connectivity index (χ1n) is 4.85. The minimum atomic E-state index is -0.381. The minimum absolute atomic E-state index is 0.371. The molecule has 0 aliphatic carbocycles. The molecule has 0 aliphatic heterocycles. The van der Waals surface area contributed by atoms with E-state index in [1.54, 1.807) is 24.4 Å². The molecule has 17 heavy (non-hydrogen) atoms. The van der Waals surface area contributed by atoms with Gasteiger partial charge in [0.25, 0.3) is 0 Å². The van der Waals surface area contributed by atoms with Crippen LogP contribution in [0.2, 0.25) is 0 Å². The summed E-state index contributed by atoms with van der Waals surface area (Å²) in [5.74, 6) is -0.381. The van der Waals surface area contributed by atoms with Crippen LogP contribution in [-0.2, 0) is 0 Å². The third-order valence-electron chi connectivity index (χ3n) is 2.24. The summed E-state index contributed by atoms with van der Waals surface area (Å²) in [6.07, 6.45) is 2.94. The second-order valence-corrected chi connectivity index (χ2v) is 3.42. The Kier molecular flexibility index (Phi) is 2.81. The molecular weight excluding hydrogens is 217 g/mol. The van der Waals surface area contributed by atoms with Crippen LogP contribution in [0.3, 0.4) is 0 Å². The molecule has 0 saturated heterocycles. The number of pyridine rings is 1. The molecule has 0 saturated carbocycles. The minimum Gasteiger partial charge on any atom is -0.200 e. The van der Waals surface area contributed by atoms with Gasteiger partial charge in [0, 0.05) is 18.2 Å². The summed E-state index contributed by atoms with van der Waals surface area (Å²) >= 11 is 0. The van der Waals surface area contributed by atoms with Crippen LogP contribution in [0.25, 0.3) is 5.69 Å². The summed E-state index contributed by atoms with van der Waals surface area (Å²) in [6, 6.07) is 11.5. The zero-order valence-corrected chi connectivity index (χ0v) is 8.76. The Morgan fingerprint density at radius 1 is 1.06 bits per heavy atom. The van der Waals surface area contributed by atoms with Crippen LogP contribution in [0, 0.1) is 28.5 Å². The molecule has 1 aromatic heterocycles. The molecule has 80 valence electrons. The van der Waals surface area contributed by atoms with Crippen molar-refractivity contribution in [2.24, 2.45) is 0 Å². The van der Waals surface area contributed by atoms with E-state index in [1.807, 2.05) is 12.1 Å². The fourth-order valence-electron chi connectivity index (χ4n) is 1.50. The maximum Gasteiger partial charge on any atom is 0.213 e. The van der Waals surface area contributed by atoms with Crippen molar-refractivity contribution >= 4 is 0 Å². The van der Waals surface area contributed by atoms with E-state index in [2.05, 4.69) is 0 Å². The predicted octanol–water partition coefficient (Wildman–Crippen LogP) is 1.85. The standard InChI is InChI=1S/C13H7FN3/c14-12-2-1-3-17(9-12)13-5-10(7-15)4-11(6-13)8-16/h1-6,9H/q+1. The van der Waals surface area contributed by atoms with Crippen LogP contribution >= 0.6 is 0 Å².